The smallest absolute Gasteiger partial charge is 0.221 e. The van der Waals surface area contributed by atoms with Crippen LogP contribution in [-0.2, 0) is 17.9 Å². The Morgan fingerprint density at radius 3 is 2.83 bits per heavy atom. The summed E-state index contributed by atoms with van der Waals surface area (Å²) < 4.78 is 2.12. The maximum absolute atomic E-state index is 11.2. The molecule has 0 saturated carbocycles. The summed E-state index contributed by atoms with van der Waals surface area (Å²) in [7, 11) is 3.61. The maximum Gasteiger partial charge on any atom is 0.221 e. The van der Waals surface area contributed by atoms with E-state index in [9.17, 15) is 4.79 Å². The molecule has 0 bridgehead atoms. The van der Waals surface area contributed by atoms with E-state index >= 15 is 0 Å². The van der Waals surface area contributed by atoms with Gasteiger partial charge in [-0.2, -0.15) is 0 Å². The fraction of sp³-hybridized carbons (Fsp3) is 0.357. The van der Waals surface area contributed by atoms with Crippen molar-refractivity contribution in [1.82, 2.24) is 15.2 Å². The molecule has 96 valence electrons. The van der Waals surface area contributed by atoms with Crippen LogP contribution in [0.4, 0.5) is 0 Å². The third-order valence-electron chi connectivity index (χ3n) is 3.07. The Kier molecular flexibility index (Phi) is 3.99. The van der Waals surface area contributed by atoms with Crippen molar-refractivity contribution in [3.8, 4) is 0 Å². The first kappa shape index (κ1) is 12.6. The highest BCUT2D eigenvalue weighted by Crippen LogP contribution is 2.18. The van der Waals surface area contributed by atoms with Gasteiger partial charge in [-0.15, -0.1) is 0 Å². The van der Waals surface area contributed by atoms with Gasteiger partial charge < -0.3 is 15.2 Å². The summed E-state index contributed by atoms with van der Waals surface area (Å²) >= 11 is 0. The van der Waals surface area contributed by atoms with Crippen molar-refractivity contribution in [1.29, 1.82) is 0 Å². The van der Waals surface area contributed by atoms with E-state index in [4.69, 9.17) is 0 Å². The zero-order valence-electron chi connectivity index (χ0n) is 10.9. The highest BCUT2D eigenvalue weighted by Gasteiger charge is 2.04. The third kappa shape index (κ3) is 2.71. The number of benzene rings is 1. The molecular weight excluding hydrogens is 226 g/mol. The summed E-state index contributed by atoms with van der Waals surface area (Å²) in [5, 5.41) is 7.01. The fourth-order valence-electron chi connectivity index (χ4n) is 2.11. The number of carbonyl (C=O) groups is 1. The van der Waals surface area contributed by atoms with E-state index in [-0.39, 0.29) is 5.91 Å². The molecule has 0 unspecified atom stereocenters. The molecule has 1 heterocycles. The lowest BCUT2D eigenvalue weighted by atomic mass is 10.1. The molecule has 0 saturated heterocycles. The van der Waals surface area contributed by atoms with Crippen molar-refractivity contribution in [3.05, 3.63) is 36.0 Å². The van der Waals surface area contributed by atoms with E-state index in [1.165, 1.54) is 16.5 Å². The van der Waals surface area contributed by atoms with E-state index in [0.717, 1.165) is 6.54 Å². The number of hydrogen-bond acceptors (Lipinski definition) is 2. The molecule has 18 heavy (non-hydrogen) atoms. The molecule has 2 rings (SSSR count). The number of rotatable bonds is 5. The standard InChI is InChI=1S/C14H19N3O/c1-15-10-11-3-4-13-12(9-11)5-7-17(13)8-6-14(18)16-2/h3-5,7,9,15H,6,8,10H2,1-2H3,(H,16,18). The molecule has 0 radical (unpaired) electrons. The minimum atomic E-state index is 0.0728. The van der Waals surface area contributed by atoms with E-state index in [0.29, 0.717) is 13.0 Å². The second kappa shape index (κ2) is 5.69. The average molecular weight is 245 g/mol. The van der Waals surface area contributed by atoms with E-state index < -0.39 is 0 Å². The summed E-state index contributed by atoms with van der Waals surface area (Å²) in [5.41, 5.74) is 2.45. The molecule has 0 aliphatic heterocycles. The molecule has 0 spiro atoms. The normalized spacial score (nSPS) is 10.8. The van der Waals surface area contributed by atoms with Crippen molar-refractivity contribution < 1.29 is 4.79 Å². The van der Waals surface area contributed by atoms with Gasteiger partial charge >= 0.3 is 0 Å². The summed E-state index contributed by atoms with van der Waals surface area (Å²) in [4.78, 5) is 11.2. The summed E-state index contributed by atoms with van der Waals surface area (Å²) in [6, 6.07) is 8.52. The highest BCUT2D eigenvalue weighted by atomic mass is 16.1. The van der Waals surface area contributed by atoms with Gasteiger partial charge in [-0.25, -0.2) is 0 Å². The van der Waals surface area contributed by atoms with Crippen LogP contribution in [0.2, 0.25) is 0 Å². The van der Waals surface area contributed by atoms with Crippen LogP contribution >= 0.6 is 0 Å². The largest absolute Gasteiger partial charge is 0.359 e. The summed E-state index contributed by atoms with van der Waals surface area (Å²) in [6.45, 7) is 1.59. The number of hydrogen-bond donors (Lipinski definition) is 2. The second-order valence-corrected chi connectivity index (χ2v) is 4.36. The van der Waals surface area contributed by atoms with Crippen LogP contribution < -0.4 is 10.6 Å². The van der Waals surface area contributed by atoms with Gasteiger partial charge in [-0.3, -0.25) is 4.79 Å². The number of amides is 1. The van der Waals surface area contributed by atoms with Crippen molar-refractivity contribution in [3.63, 3.8) is 0 Å². The molecule has 4 heteroatoms. The van der Waals surface area contributed by atoms with Crippen molar-refractivity contribution in [2.75, 3.05) is 14.1 Å². The minimum Gasteiger partial charge on any atom is -0.359 e. The SMILES string of the molecule is CNCc1ccc2c(ccn2CCC(=O)NC)c1. The Labute approximate surface area is 107 Å². The Balaban J connectivity index is 2.18. The third-order valence-corrected chi connectivity index (χ3v) is 3.07. The maximum atomic E-state index is 11.2. The van der Waals surface area contributed by atoms with Crippen molar-refractivity contribution in [2.24, 2.45) is 0 Å². The molecule has 1 aromatic carbocycles. The Morgan fingerprint density at radius 1 is 1.28 bits per heavy atom. The molecule has 4 nitrogen and oxygen atoms in total. The molecule has 1 aromatic heterocycles. The Hall–Kier alpha value is -1.81. The van der Waals surface area contributed by atoms with Crippen LogP contribution in [0, 0.1) is 0 Å². The van der Waals surface area contributed by atoms with Crippen LogP contribution in [0.3, 0.4) is 0 Å². The van der Waals surface area contributed by atoms with Crippen LogP contribution in [0.1, 0.15) is 12.0 Å². The average Bonchev–Trinajstić information content (AvgIpc) is 2.79. The number of carbonyl (C=O) groups excluding carboxylic acids is 1. The lowest BCUT2D eigenvalue weighted by Crippen LogP contribution is -2.19. The quantitative estimate of drug-likeness (QED) is 0.838. The number of aryl methyl sites for hydroxylation is 1. The monoisotopic (exact) mass is 245 g/mol. The first-order chi connectivity index (χ1) is 8.74. The first-order valence-corrected chi connectivity index (χ1v) is 6.17. The van der Waals surface area contributed by atoms with Gasteiger partial charge in [0.15, 0.2) is 0 Å². The van der Waals surface area contributed by atoms with Gasteiger partial charge in [-0.1, -0.05) is 6.07 Å². The number of nitrogens with one attached hydrogen (secondary N) is 2. The van der Waals surface area contributed by atoms with Gasteiger partial charge in [0.05, 0.1) is 0 Å². The van der Waals surface area contributed by atoms with Crippen LogP contribution in [0.25, 0.3) is 10.9 Å². The van der Waals surface area contributed by atoms with Crippen molar-refractivity contribution in [2.45, 2.75) is 19.5 Å². The summed E-state index contributed by atoms with van der Waals surface area (Å²) in [5.74, 6) is 0.0728. The molecule has 0 aliphatic rings. The zero-order valence-corrected chi connectivity index (χ0v) is 10.9. The number of nitrogens with zero attached hydrogens (tertiary/aromatic N) is 1. The van der Waals surface area contributed by atoms with E-state index in [1.807, 2.05) is 13.2 Å². The van der Waals surface area contributed by atoms with Crippen molar-refractivity contribution >= 4 is 16.8 Å². The fourth-order valence-corrected chi connectivity index (χ4v) is 2.11. The van der Waals surface area contributed by atoms with E-state index in [2.05, 4.69) is 39.5 Å². The number of fused-ring (bicyclic) bond motifs is 1. The predicted molar refractivity (Wildman–Crippen MR) is 73.4 cm³/mol. The Morgan fingerprint density at radius 2 is 2.11 bits per heavy atom. The molecular formula is C14H19N3O. The molecule has 1 amide bonds. The van der Waals surface area contributed by atoms with Gasteiger partial charge in [0.2, 0.25) is 5.91 Å². The lowest BCUT2D eigenvalue weighted by Gasteiger charge is -2.06. The van der Waals surface area contributed by atoms with Crippen LogP contribution in [0.15, 0.2) is 30.5 Å². The van der Waals surface area contributed by atoms with E-state index in [1.54, 1.807) is 7.05 Å². The number of aromatic nitrogens is 1. The van der Waals surface area contributed by atoms with Gasteiger partial charge in [0, 0.05) is 38.3 Å². The zero-order chi connectivity index (χ0) is 13.0. The van der Waals surface area contributed by atoms with Crippen LogP contribution in [0.5, 0.6) is 0 Å². The summed E-state index contributed by atoms with van der Waals surface area (Å²) in [6.07, 6.45) is 2.55. The minimum absolute atomic E-state index is 0.0728. The van der Waals surface area contributed by atoms with Crippen LogP contribution in [-0.4, -0.2) is 24.6 Å². The predicted octanol–water partition coefficient (Wildman–Crippen LogP) is 1.50. The Bertz CT molecular complexity index is 545. The topological polar surface area (TPSA) is 46.1 Å². The second-order valence-electron chi connectivity index (χ2n) is 4.36. The first-order valence-electron chi connectivity index (χ1n) is 6.17. The molecule has 0 atom stereocenters. The molecule has 2 aromatic rings. The highest BCUT2D eigenvalue weighted by molar-refractivity contribution is 5.81. The molecule has 2 N–H and O–H groups in total. The van der Waals surface area contributed by atoms with Gasteiger partial charge in [-0.05, 0) is 36.2 Å². The van der Waals surface area contributed by atoms with Gasteiger partial charge in [0.1, 0.15) is 0 Å². The molecule has 0 aliphatic carbocycles. The van der Waals surface area contributed by atoms with Gasteiger partial charge in [0.25, 0.3) is 0 Å². The molecule has 0 fully saturated rings. The lowest BCUT2D eigenvalue weighted by molar-refractivity contribution is -0.120.